The normalized spacial score (nSPS) is 12.2. The number of likely N-dealkylation sites (N-methyl/N-ethyl adjacent to an activating group) is 1. The number of hydrogen-bond acceptors (Lipinski definition) is 2. The predicted octanol–water partition coefficient (Wildman–Crippen LogP) is 3.65. The molecule has 0 radical (unpaired) electrons. The van der Waals surface area contributed by atoms with E-state index in [4.69, 9.17) is 23.8 Å². The van der Waals surface area contributed by atoms with E-state index in [2.05, 4.69) is 5.10 Å². The molecule has 1 heterocycles. The molecule has 0 bridgehead atoms. The summed E-state index contributed by atoms with van der Waals surface area (Å²) in [5, 5.41) is 5.19. The topological polar surface area (TPSA) is 21.1 Å². The van der Waals surface area contributed by atoms with Crippen LogP contribution in [0.25, 0.3) is 11.3 Å². The van der Waals surface area contributed by atoms with Crippen LogP contribution in [0.4, 0.5) is 0 Å². The summed E-state index contributed by atoms with van der Waals surface area (Å²) in [6, 6.07) is 9.90. The maximum atomic E-state index is 6.27. The summed E-state index contributed by atoms with van der Waals surface area (Å²) in [6.45, 7) is 2.01. The molecule has 5 heteroatoms. The zero-order chi connectivity index (χ0) is 14.0. The van der Waals surface area contributed by atoms with Crippen LogP contribution in [0.1, 0.15) is 13.0 Å². The standard InChI is InChI=1S/C14H16ClN3S/c1-10(14(19)17(2)3)18-9-12(15)13(16-18)11-7-5-4-6-8-11/h4-10H,1-3H3. The first kappa shape index (κ1) is 14.0. The molecule has 0 N–H and O–H groups in total. The fourth-order valence-electron chi connectivity index (χ4n) is 1.85. The quantitative estimate of drug-likeness (QED) is 0.806. The molecule has 0 fully saturated rings. The first-order valence-corrected chi connectivity index (χ1v) is 6.80. The van der Waals surface area contributed by atoms with Gasteiger partial charge in [-0.25, -0.2) is 0 Å². The van der Waals surface area contributed by atoms with Crippen LogP contribution >= 0.6 is 23.8 Å². The van der Waals surface area contributed by atoms with Gasteiger partial charge in [0.2, 0.25) is 0 Å². The van der Waals surface area contributed by atoms with Crippen molar-refractivity contribution < 1.29 is 0 Å². The Morgan fingerprint density at radius 3 is 2.53 bits per heavy atom. The van der Waals surface area contributed by atoms with Crippen molar-refractivity contribution in [2.75, 3.05) is 14.1 Å². The van der Waals surface area contributed by atoms with E-state index >= 15 is 0 Å². The van der Waals surface area contributed by atoms with E-state index in [1.54, 1.807) is 0 Å². The molecular weight excluding hydrogens is 278 g/mol. The fraction of sp³-hybridized carbons (Fsp3) is 0.286. The Kier molecular flexibility index (Phi) is 4.22. The monoisotopic (exact) mass is 293 g/mol. The number of thiocarbonyl (C=S) groups is 1. The van der Waals surface area contributed by atoms with Gasteiger partial charge in [0, 0.05) is 25.9 Å². The van der Waals surface area contributed by atoms with Crippen molar-refractivity contribution in [2.24, 2.45) is 0 Å². The summed E-state index contributed by atoms with van der Waals surface area (Å²) >= 11 is 11.6. The largest absolute Gasteiger partial charge is 0.371 e. The lowest BCUT2D eigenvalue weighted by Crippen LogP contribution is -2.28. The van der Waals surface area contributed by atoms with Crippen LogP contribution in [-0.2, 0) is 0 Å². The van der Waals surface area contributed by atoms with Crippen molar-refractivity contribution in [3.8, 4) is 11.3 Å². The molecule has 0 amide bonds. The van der Waals surface area contributed by atoms with E-state index in [0.29, 0.717) is 5.02 Å². The van der Waals surface area contributed by atoms with Crippen molar-refractivity contribution in [2.45, 2.75) is 13.0 Å². The van der Waals surface area contributed by atoms with Gasteiger partial charge in [0.15, 0.2) is 0 Å². The number of nitrogens with zero attached hydrogens (tertiary/aromatic N) is 3. The second-order valence-corrected chi connectivity index (χ2v) is 5.41. The minimum absolute atomic E-state index is 0.0000350. The highest BCUT2D eigenvalue weighted by Gasteiger charge is 2.17. The predicted molar refractivity (Wildman–Crippen MR) is 83.7 cm³/mol. The van der Waals surface area contributed by atoms with Gasteiger partial charge in [0.25, 0.3) is 0 Å². The molecule has 0 aliphatic rings. The smallest absolute Gasteiger partial charge is 0.111 e. The molecule has 0 saturated carbocycles. The third kappa shape index (κ3) is 2.96. The van der Waals surface area contributed by atoms with E-state index < -0.39 is 0 Å². The average Bonchev–Trinajstić information content (AvgIpc) is 2.80. The molecule has 100 valence electrons. The maximum Gasteiger partial charge on any atom is 0.111 e. The van der Waals surface area contributed by atoms with E-state index in [1.807, 2.05) is 67.1 Å². The van der Waals surface area contributed by atoms with Gasteiger partial charge < -0.3 is 4.90 Å². The van der Waals surface area contributed by atoms with Crippen LogP contribution < -0.4 is 0 Å². The van der Waals surface area contributed by atoms with Crippen molar-refractivity contribution >= 4 is 28.8 Å². The number of aromatic nitrogens is 2. The lowest BCUT2D eigenvalue weighted by molar-refractivity contribution is 0.532. The van der Waals surface area contributed by atoms with Crippen LogP contribution in [0.15, 0.2) is 36.5 Å². The summed E-state index contributed by atoms with van der Waals surface area (Å²) in [5.41, 5.74) is 1.80. The molecule has 2 aromatic rings. The summed E-state index contributed by atoms with van der Waals surface area (Å²) in [6.07, 6.45) is 1.82. The molecule has 2 rings (SSSR count). The highest BCUT2D eigenvalue weighted by atomic mass is 35.5. The second kappa shape index (κ2) is 5.72. The zero-order valence-corrected chi connectivity index (χ0v) is 12.7. The number of halogens is 1. The average molecular weight is 294 g/mol. The Morgan fingerprint density at radius 2 is 1.95 bits per heavy atom. The highest BCUT2D eigenvalue weighted by Crippen LogP contribution is 2.27. The molecule has 0 aliphatic carbocycles. The van der Waals surface area contributed by atoms with Crippen LogP contribution in [0.2, 0.25) is 5.02 Å². The molecule has 0 saturated heterocycles. The van der Waals surface area contributed by atoms with Gasteiger partial charge in [-0.3, -0.25) is 4.68 Å². The molecule has 0 spiro atoms. The van der Waals surface area contributed by atoms with E-state index in [-0.39, 0.29) is 6.04 Å². The van der Waals surface area contributed by atoms with Crippen molar-refractivity contribution in [3.63, 3.8) is 0 Å². The third-order valence-corrected chi connectivity index (χ3v) is 3.91. The van der Waals surface area contributed by atoms with Crippen LogP contribution in [0.3, 0.4) is 0 Å². The minimum Gasteiger partial charge on any atom is -0.371 e. The van der Waals surface area contributed by atoms with E-state index in [9.17, 15) is 0 Å². The zero-order valence-electron chi connectivity index (χ0n) is 11.2. The van der Waals surface area contributed by atoms with Crippen LogP contribution in [0.5, 0.6) is 0 Å². The van der Waals surface area contributed by atoms with Gasteiger partial charge in [-0.1, -0.05) is 54.2 Å². The molecule has 1 aromatic heterocycles. The Balaban J connectivity index is 2.34. The SMILES string of the molecule is CC(C(=S)N(C)C)n1cc(Cl)c(-c2ccccc2)n1. The lowest BCUT2D eigenvalue weighted by Gasteiger charge is -2.20. The number of hydrogen-bond donors (Lipinski definition) is 0. The Bertz CT molecular complexity index is 578. The summed E-state index contributed by atoms with van der Waals surface area (Å²) < 4.78 is 1.81. The van der Waals surface area contributed by atoms with Crippen molar-refractivity contribution in [3.05, 3.63) is 41.6 Å². The molecule has 3 nitrogen and oxygen atoms in total. The number of benzene rings is 1. The Morgan fingerprint density at radius 1 is 1.32 bits per heavy atom. The van der Waals surface area contributed by atoms with Crippen LogP contribution in [0, 0.1) is 0 Å². The maximum absolute atomic E-state index is 6.27. The first-order chi connectivity index (χ1) is 9.00. The van der Waals surface area contributed by atoms with Gasteiger partial charge in [-0.05, 0) is 6.92 Å². The molecule has 19 heavy (non-hydrogen) atoms. The van der Waals surface area contributed by atoms with Gasteiger partial charge in [0.1, 0.15) is 10.7 Å². The molecular formula is C14H16ClN3S. The highest BCUT2D eigenvalue weighted by molar-refractivity contribution is 7.80. The Labute approximate surface area is 123 Å². The van der Waals surface area contributed by atoms with E-state index in [1.165, 1.54) is 0 Å². The van der Waals surface area contributed by atoms with Crippen LogP contribution in [-0.4, -0.2) is 33.8 Å². The molecule has 1 atom stereocenters. The van der Waals surface area contributed by atoms with E-state index in [0.717, 1.165) is 16.2 Å². The molecule has 1 aromatic carbocycles. The second-order valence-electron chi connectivity index (χ2n) is 4.58. The summed E-state index contributed by atoms with van der Waals surface area (Å²) in [4.78, 5) is 2.73. The van der Waals surface area contributed by atoms with Gasteiger partial charge >= 0.3 is 0 Å². The lowest BCUT2D eigenvalue weighted by atomic mass is 10.2. The summed E-state index contributed by atoms with van der Waals surface area (Å²) in [5.74, 6) is 0. The first-order valence-electron chi connectivity index (χ1n) is 6.02. The number of rotatable bonds is 3. The van der Waals surface area contributed by atoms with Gasteiger partial charge in [-0.15, -0.1) is 0 Å². The van der Waals surface area contributed by atoms with Gasteiger partial charge in [0.05, 0.1) is 11.1 Å². The third-order valence-electron chi connectivity index (χ3n) is 2.93. The Hall–Kier alpha value is -1.39. The van der Waals surface area contributed by atoms with Gasteiger partial charge in [-0.2, -0.15) is 5.10 Å². The minimum atomic E-state index is -0.0000350. The van der Waals surface area contributed by atoms with Crippen molar-refractivity contribution in [1.82, 2.24) is 14.7 Å². The fourth-order valence-corrected chi connectivity index (χ4v) is 2.20. The summed E-state index contributed by atoms with van der Waals surface area (Å²) in [7, 11) is 3.87. The molecule has 0 aliphatic heterocycles. The molecule has 1 unspecified atom stereocenters. The van der Waals surface area contributed by atoms with Crippen molar-refractivity contribution in [1.29, 1.82) is 0 Å².